The fraction of sp³-hybridized carbons (Fsp3) is 1.00. The molecular weight excluding hydrogens is 129 g/mol. The van der Waals surface area contributed by atoms with E-state index in [9.17, 15) is 0 Å². The Hall–Kier alpha value is 0.195. The van der Waals surface area contributed by atoms with Crippen LogP contribution in [-0.4, -0.2) is 22.8 Å². The first-order valence-corrected chi connectivity index (χ1v) is 4.56. The quantitative estimate of drug-likeness (QED) is 0.413. The molecule has 0 fully saturated rings. The maximum absolute atomic E-state index is 5.03. The molecule has 0 aromatic carbocycles. The van der Waals surface area contributed by atoms with Gasteiger partial charge in [0.1, 0.15) is 0 Å². The van der Waals surface area contributed by atoms with Gasteiger partial charge in [0, 0.05) is 7.74 Å². The van der Waals surface area contributed by atoms with E-state index in [1.165, 1.54) is 25.7 Å². The zero-order valence-corrected chi connectivity index (χ0v) is 7.97. The maximum Gasteiger partial charge on any atom is 0.0643 e. The summed E-state index contributed by atoms with van der Waals surface area (Å²) >= 11 is 0. The van der Waals surface area contributed by atoms with Crippen molar-refractivity contribution >= 4 is 22.8 Å². The molecule has 0 saturated carbocycles. The summed E-state index contributed by atoms with van der Waals surface area (Å²) in [5.41, 5.74) is 0. The lowest BCUT2D eigenvalue weighted by molar-refractivity contribution is 0.702. The average molecular weight is 147 g/mol. The fourth-order valence-electron chi connectivity index (χ4n) is 0.596. The smallest absolute Gasteiger partial charge is 0.0643 e. The third-order valence-electron chi connectivity index (χ3n) is 1.29. The highest BCUT2D eigenvalue weighted by molar-refractivity contribution is 6.89. The SMILES string of the molecule is CCCCCC.[B][B]CC[B]. The predicted molar refractivity (Wildman–Crippen MR) is 56.7 cm³/mol. The van der Waals surface area contributed by atoms with E-state index in [-0.39, 0.29) is 0 Å². The first-order chi connectivity index (χ1) is 5.33. The van der Waals surface area contributed by atoms with Crippen LogP contribution in [0.25, 0.3) is 0 Å². The van der Waals surface area contributed by atoms with Crippen molar-refractivity contribution in [3.8, 4) is 0 Å². The predicted octanol–water partition coefficient (Wildman–Crippen LogP) is 2.37. The largest absolute Gasteiger partial charge is 0.0970 e. The number of hydrogen-bond donors (Lipinski definition) is 0. The second-order valence-corrected chi connectivity index (χ2v) is 2.52. The van der Waals surface area contributed by atoms with E-state index >= 15 is 0 Å². The van der Waals surface area contributed by atoms with Gasteiger partial charge in [0.15, 0.2) is 0 Å². The molecule has 0 spiro atoms. The van der Waals surface area contributed by atoms with Gasteiger partial charge in [0.25, 0.3) is 0 Å². The molecule has 3 heteroatoms. The van der Waals surface area contributed by atoms with Gasteiger partial charge in [-0.1, -0.05) is 52.2 Å². The molecule has 0 saturated heterocycles. The van der Waals surface area contributed by atoms with Crippen LogP contribution in [0.3, 0.4) is 0 Å². The fourth-order valence-corrected chi connectivity index (χ4v) is 0.596. The summed E-state index contributed by atoms with van der Waals surface area (Å²) in [6, 6.07) is 0. The minimum atomic E-state index is 0.663. The van der Waals surface area contributed by atoms with Crippen molar-refractivity contribution in [2.45, 2.75) is 52.2 Å². The van der Waals surface area contributed by atoms with Crippen molar-refractivity contribution in [2.75, 3.05) is 0 Å². The lowest BCUT2D eigenvalue weighted by atomic mass is 9.52. The molecule has 0 rings (SSSR count). The summed E-state index contributed by atoms with van der Waals surface area (Å²) in [5, 5.41) is 0. The summed E-state index contributed by atoms with van der Waals surface area (Å²) in [6.45, 7) is 4.46. The van der Waals surface area contributed by atoms with E-state index in [4.69, 9.17) is 15.6 Å². The Morgan fingerprint density at radius 1 is 1.09 bits per heavy atom. The monoisotopic (exact) mass is 147 g/mol. The minimum Gasteiger partial charge on any atom is -0.0970 e. The molecule has 0 amide bonds. The number of hydrogen-bond acceptors (Lipinski definition) is 0. The highest BCUT2D eigenvalue weighted by Crippen LogP contribution is 1.95. The molecule has 0 unspecified atom stereocenters. The summed E-state index contributed by atoms with van der Waals surface area (Å²) in [7, 11) is 11.5. The molecule has 0 nitrogen and oxygen atoms in total. The van der Waals surface area contributed by atoms with Crippen LogP contribution in [0.4, 0.5) is 0 Å². The van der Waals surface area contributed by atoms with Crippen LogP contribution in [0.1, 0.15) is 39.5 Å². The van der Waals surface area contributed by atoms with Crippen LogP contribution < -0.4 is 0 Å². The topological polar surface area (TPSA) is 0 Å². The summed E-state index contributed by atoms with van der Waals surface area (Å²) in [6.07, 6.45) is 7.02. The van der Waals surface area contributed by atoms with E-state index in [2.05, 4.69) is 13.8 Å². The molecule has 0 N–H and O–H groups in total. The van der Waals surface area contributed by atoms with Crippen molar-refractivity contribution in [2.24, 2.45) is 0 Å². The van der Waals surface area contributed by atoms with Crippen LogP contribution >= 0.6 is 0 Å². The molecule has 59 valence electrons. The highest BCUT2D eigenvalue weighted by atomic mass is 13.8. The van der Waals surface area contributed by atoms with Crippen LogP contribution in [0.5, 0.6) is 0 Å². The van der Waals surface area contributed by atoms with Gasteiger partial charge in [-0.05, 0) is 0 Å². The van der Waals surface area contributed by atoms with Crippen molar-refractivity contribution in [1.29, 1.82) is 0 Å². The van der Waals surface area contributed by atoms with Gasteiger partial charge in [0.05, 0.1) is 15.0 Å². The molecular formula is C8H18B3. The standard InChI is InChI=1S/C6H14.C2H4B3/c1-3-5-6-4-2;3-1-2-5-4/h3-6H2,1-2H3;1-2H2. The maximum atomic E-state index is 5.03. The van der Waals surface area contributed by atoms with Gasteiger partial charge in [-0.15, -0.1) is 0 Å². The van der Waals surface area contributed by atoms with Crippen molar-refractivity contribution in [3.63, 3.8) is 0 Å². The second kappa shape index (κ2) is 16.7. The van der Waals surface area contributed by atoms with Crippen molar-refractivity contribution < 1.29 is 0 Å². The Bertz CT molecular complexity index is 42.6. The Morgan fingerprint density at radius 2 is 1.55 bits per heavy atom. The molecule has 0 atom stereocenters. The van der Waals surface area contributed by atoms with Crippen LogP contribution in [0, 0.1) is 0 Å². The van der Waals surface area contributed by atoms with E-state index < -0.39 is 0 Å². The highest BCUT2D eigenvalue weighted by Gasteiger charge is 1.75. The van der Waals surface area contributed by atoms with Gasteiger partial charge in [0.2, 0.25) is 0 Å². The summed E-state index contributed by atoms with van der Waals surface area (Å²) in [4.78, 5) is 0. The summed E-state index contributed by atoms with van der Waals surface area (Å²) < 4.78 is 0. The minimum absolute atomic E-state index is 0.663. The Balaban J connectivity index is 0. The lowest BCUT2D eigenvalue weighted by Gasteiger charge is -1.86. The average Bonchev–Trinajstić information content (AvgIpc) is 2.04. The lowest BCUT2D eigenvalue weighted by Crippen LogP contribution is -1.83. The second-order valence-electron chi connectivity index (χ2n) is 2.52. The third kappa shape index (κ3) is 25.4. The third-order valence-corrected chi connectivity index (χ3v) is 1.29. The summed E-state index contributed by atoms with van der Waals surface area (Å²) in [5.74, 6) is 0. The molecule has 0 aromatic heterocycles. The van der Waals surface area contributed by atoms with Gasteiger partial charge in [-0.3, -0.25) is 0 Å². The normalized spacial score (nSPS) is 8.18. The first-order valence-electron chi connectivity index (χ1n) is 4.56. The van der Waals surface area contributed by atoms with Crippen LogP contribution in [-0.2, 0) is 0 Å². The van der Waals surface area contributed by atoms with E-state index in [1.807, 2.05) is 0 Å². The molecule has 5 radical (unpaired) electrons. The Morgan fingerprint density at radius 3 is 1.64 bits per heavy atom. The molecule has 11 heavy (non-hydrogen) atoms. The zero-order chi connectivity index (χ0) is 8.95. The zero-order valence-electron chi connectivity index (χ0n) is 7.97. The van der Waals surface area contributed by atoms with Crippen LogP contribution in [0.2, 0.25) is 12.6 Å². The number of rotatable bonds is 5. The van der Waals surface area contributed by atoms with Crippen molar-refractivity contribution in [1.82, 2.24) is 0 Å². The van der Waals surface area contributed by atoms with E-state index in [0.717, 1.165) is 6.32 Å². The molecule has 0 heterocycles. The van der Waals surface area contributed by atoms with Crippen molar-refractivity contribution in [3.05, 3.63) is 0 Å². The Kier molecular flexibility index (Phi) is 20.8. The van der Waals surface area contributed by atoms with E-state index in [1.54, 1.807) is 7.17 Å². The van der Waals surface area contributed by atoms with Gasteiger partial charge >= 0.3 is 0 Å². The van der Waals surface area contributed by atoms with Gasteiger partial charge in [-0.25, -0.2) is 0 Å². The van der Waals surface area contributed by atoms with Gasteiger partial charge in [-0.2, -0.15) is 0 Å². The molecule has 0 aliphatic carbocycles. The van der Waals surface area contributed by atoms with Gasteiger partial charge < -0.3 is 0 Å². The molecule has 0 aliphatic heterocycles. The molecule has 0 aromatic rings. The van der Waals surface area contributed by atoms with Crippen LogP contribution in [0.15, 0.2) is 0 Å². The number of unbranched alkanes of at least 4 members (excludes halogenated alkanes) is 3. The molecule has 0 aliphatic rings. The molecule has 0 bridgehead atoms. The van der Waals surface area contributed by atoms with E-state index in [0.29, 0.717) is 6.32 Å². The first kappa shape index (κ1) is 13.8. The Labute approximate surface area is 75.6 Å².